The maximum atomic E-state index is 13.1. The number of aliphatic hydroxyl groups is 1. The van der Waals surface area contributed by atoms with Gasteiger partial charge < -0.3 is 9.63 Å². The number of fused-ring (bicyclic) bond motifs is 1. The molecule has 25 heavy (non-hydrogen) atoms. The van der Waals surface area contributed by atoms with Crippen molar-refractivity contribution in [3.05, 3.63) is 45.1 Å². The lowest BCUT2D eigenvalue weighted by Crippen LogP contribution is -2.44. The lowest BCUT2D eigenvalue weighted by Gasteiger charge is -2.35. The number of rotatable bonds is 3. The van der Waals surface area contributed by atoms with Gasteiger partial charge in [0.15, 0.2) is 17.1 Å². The molecule has 1 N–H and O–H groups in total. The van der Waals surface area contributed by atoms with E-state index < -0.39 is 5.60 Å². The molecule has 0 saturated heterocycles. The zero-order valence-electron chi connectivity index (χ0n) is 14.4. The van der Waals surface area contributed by atoms with E-state index in [1.165, 1.54) is 0 Å². The number of nitrogens with zero attached hydrogens (tertiary/aromatic N) is 1. The van der Waals surface area contributed by atoms with Gasteiger partial charge in [0, 0.05) is 11.1 Å². The first-order chi connectivity index (χ1) is 11.7. The summed E-state index contributed by atoms with van der Waals surface area (Å²) in [7, 11) is 0. The summed E-state index contributed by atoms with van der Waals surface area (Å²) in [6.45, 7) is 7.38. The summed E-state index contributed by atoms with van der Waals surface area (Å²) in [5.74, 6) is -0.410. The molecule has 1 aliphatic rings. The molecule has 1 atom stereocenters. The van der Waals surface area contributed by atoms with Gasteiger partial charge in [0.1, 0.15) is 5.69 Å². The van der Waals surface area contributed by atoms with Crippen LogP contribution in [0.3, 0.4) is 0 Å². The van der Waals surface area contributed by atoms with E-state index in [0.29, 0.717) is 38.2 Å². The Labute approximate surface area is 156 Å². The first kappa shape index (κ1) is 18.2. The van der Waals surface area contributed by atoms with Crippen LogP contribution in [-0.2, 0) is 10.4 Å². The second-order valence-electron chi connectivity index (χ2n) is 6.87. The van der Waals surface area contributed by atoms with Gasteiger partial charge in [0.25, 0.3) is 0 Å². The molecule has 1 aromatic carbocycles. The normalized spacial score (nSPS) is 20.2. The Morgan fingerprint density at radius 3 is 2.28 bits per heavy atom. The second kappa shape index (κ2) is 6.27. The maximum absolute atomic E-state index is 13.1. The smallest absolute Gasteiger partial charge is 0.195 e. The number of aromatic nitrogens is 1. The molecule has 6 heteroatoms. The molecule has 1 heterocycles. The average molecular weight is 380 g/mol. The van der Waals surface area contributed by atoms with Crippen molar-refractivity contribution < 1.29 is 14.4 Å². The molecule has 4 nitrogen and oxygen atoms in total. The molecule has 2 aromatic rings. The van der Waals surface area contributed by atoms with E-state index in [2.05, 4.69) is 5.16 Å². The maximum Gasteiger partial charge on any atom is 0.195 e. The fraction of sp³-hybridized carbons (Fsp3) is 0.368. The van der Waals surface area contributed by atoms with E-state index in [1.54, 1.807) is 38.1 Å². The third-order valence-electron chi connectivity index (χ3n) is 4.65. The Morgan fingerprint density at radius 2 is 1.76 bits per heavy atom. The van der Waals surface area contributed by atoms with Crippen LogP contribution in [0, 0.1) is 11.8 Å². The number of benzene rings is 1. The predicted molar refractivity (Wildman–Crippen MR) is 98.5 cm³/mol. The highest BCUT2D eigenvalue weighted by Gasteiger charge is 2.50. The standard InChI is InChI=1S/C19H19Cl2NO3/c1-9(2)11-8-14-16(19(24,10(3)4)18(11)23)17(22-25-14)15-12(20)6-5-7-13(15)21/h5-10,24H,1-4H3. The van der Waals surface area contributed by atoms with Crippen molar-refractivity contribution in [2.24, 2.45) is 11.8 Å². The van der Waals surface area contributed by atoms with Crippen molar-refractivity contribution in [2.45, 2.75) is 33.3 Å². The van der Waals surface area contributed by atoms with Crippen LogP contribution in [0.5, 0.6) is 0 Å². The zero-order valence-corrected chi connectivity index (χ0v) is 15.9. The van der Waals surface area contributed by atoms with E-state index >= 15 is 0 Å². The van der Waals surface area contributed by atoms with E-state index in [0.717, 1.165) is 0 Å². The Hall–Kier alpha value is -1.62. The van der Waals surface area contributed by atoms with Gasteiger partial charge in [-0.1, -0.05) is 62.1 Å². The number of ketones is 1. The van der Waals surface area contributed by atoms with E-state index in [4.69, 9.17) is 27.7 Å². The van der Waals surface area contributed by atoms with Gasteiger partial charge in [-0.15, -0.1) is 0 Å². The molecule has 0 aliphatic heterocycles. The summed E-state index contributed by atoms with van der Waals surface area (Å²) in [6, 6.07) is 5.08. The van der Waals surface area contributed by atoms with Gasteiger partial charge in [0.2, 0.25) is 0 Å². The van der Waals surface area contributed by atoms with Crippen LogP contribution in [0.4, 0.5) is 0 Å². The largest absolute Gasteiger partial charge is 0.376 e. The monoisotopic (exact) mass is 379 g/mol. The van der Waals surface area contributed by atoms with Crippen LogP contribution in [0.25, 0.3) is 17.3 Å². The molecule has 1 aromatic heterocycles. The number of hydrogen-bond donors (Lipinski definition) is 1. The van der Waals surface area contributed by atoms with Crippen LogP contribution >= 0.6 is 23.2 Å². The lowest BCUT2D eigenvalue weighted by molar-refractivity contribution is -0.140. The summed E-state index contributed by atoms with van der Waals surface area (Å²) in [6.07, 6.45) is 1.65. The van der Waals surface area contributed by atoms with Gasteiger partial charge in [-0.25, -0.2) is 0 Å². The summed E-state index contributed by atoms with van der Waals surface area (Å²) >= 11 is 12.6. The highest BCUT2D eigenvalue weighted by atomic mass is 35.5. The van der Waals surface area contributed by atoms with Crippen LogP contribution in [0.15, 0.2) is 28.3 Å². The number of carbonyl (C=O) groups is 1. The van der Waals surface area contributed by atoms with Gasteiger partial charge in [-0.2, -0.15) is 0 Å². The van der Waals surface area contributed by atoms with Gasteiger partial charge in [0.05, 0.1) is 15.6 Å². The molecule has 1 aliphatic carbocycles. The first-order valence-electron chi connectivity index (χ1n) is 8.12. The Kier molecular flexibility index (Phi) is 4.56. The third kappa shape index (κ3) is 2.64. The molecule has 1 unspecified atom stereocenters. The Morgan fingerprint density at radius 1 is 1.16 bits per heavy atom. The Bertz CT molecular complexity index is 863. The van der Waals surface area contributed by atoms with Gasteiger partial charge in [-0.05, 0) is 30.0 Å². The number of hydrogen-bond acceptors (Lipinski definition) is 4. The summed E-state index contributed by atoms with van der Waals surface area (Å²) in [5.41, 5.74) is -0.163. The lowest BCUT2D eigenvalue weighted by atomic mass is 9.71. The average Bonchev–Trinajstić information content (AvgIpc) is 2.94. The van der Waals surface area contributed by atoms with Crippen molar-refractivity contribution in [3.8, 4) is 11.3 Å². The molecule has 0 fully saturated rings. The van der Waals surface area contributed by atoms with Crippen molar-refractivity contribution in [1.82, 2.24) is 5.16 Å². The third-order valence-corrected chi connectivity index (χ3v) is 5.28. The minimum Gasteiger partial charge on any atom is -0.376 e. The molecule has 0 bridgehead atoms. The summed E-state index contributed by atoms with van der Waals surface area (Å²) in [5, 5.41) is 16.3. The number of halogens is 2. The zero-order chi connectivity index (χ0) is 18.5. The number of carbonyl (C=O) groups excluding carboxylic acids is 1. The van der Waals surface area contributed by atoms with Crippen LogP contribution < -0.4 is 0 Å². The molecule has 3 rings (SSSR count). The quantitative estimate of drug-likeness (QED) is 0.803. The topological polar surface area (TPSA) is 63.3 Å². The van der Waals surface area contributed by atoms with Gasteiger partial charge >= 0.3 is 0 Å². The molecule has 0 spiro atoms. The molecule has 0 radical (unpaired) electrons. The molecular weight excluding hydrogens is 361 g/mol. The molecule has 0 saturated carbocycles. The summed E-state index contributed by atoms with van der Waals surface area (Å²) in [4.78, 5) is 13.1. The predicted octanol–water partition coefficient (Wildman–Crippen LogP) is 5.11. The van der Waals surface area contributed by atoms with E-state index in [1.807, 2.05) is 13.8 Å². The highest BCUT2D eigenvalue weighted by molar-refractivity contribution is 6.39. The van der Waals surface area contributed by atoms with Crippen molar-refractivity contribution in [2.75, 3.05) is 0 Å². The molecule has 0 amide bonds. The van der Waals surface area contributed by atoms with E-state index in [-0.39, 0.29) is 17.6 Å². The number of Topliss-reactive ketones (excluding diaryl/α,β-unsaturated/α-hetero) is 1. The molecular formula is C19H19Cl2NO3. The summed E-state index contributed by atoms with van der Waals surface area (Å²) < 4.78 is 5.47. The second-order valence-corrected chi connectivity index (χ2v) is 7.69. The molecule has 132 valence electrons. The van der Waals surface area contributed by atoms with Crippen LogP contribution in [-0.4, -0.2) is 16.0 Å². The van der Waals surface area contributed by atoms with Crippen LogP contribution in [0.2, 0.25) is 10.0 Å². The first-order valence-corrected chi connectivity index (χ1v) is 8.88. The van der Waals surface area contributed by atoms with Gasteiger partial charge in [-0.3, -0.25) is 4.79 Å². The minimum absolute atomic E-state index is 0.0524. The van der Waals surface area contributed by atoms with E-state index in [9.17, 15) is 9.90 Å². The minimum atomic E-state index is -1.75. The van der Waals surface area contributed by atoms with Crippen molar-refractivity contribution >= 4 is 35.1 Å². The van der Waals surface area contributed by atoms with Crippen molar-refractivity contribution in [3.63, 3.8) is 0 Å². The van der Waals surface area contributed by atoms with Crippen LogP contribution in [0.1, 0.15) is 39.0 Å². The Balaban J connectivity index is 2.36. The van der Waals surface area contributed by atoms with Crippen molar-refractivity contribution in [1.29, 1.82) is 0 Å². The fourth-order valence-electron chi connectivity index (χ4n) is 3.18. The SMILES string of the molecule is CC(C)C1=Cc2onc(-c3c(Cl)cccc3Cl)c2C(O)(C(C)C)C1=O. The fourth-order valence-corrected chi connectivity index (χ4v) is 3.76. The highest BCUT2D eigenvalue weighted by Crippen LogP contribution is 2.48.